The maximum Gasteiger partial charge on any atom is 0.226 e. The Bertz CT molecular complexity index is 947. The van der Waals surface area contributed by atoms with Crippen LogP contribution in [0.2, 0.25) is 5.02 Å². The van der Waals surface area contributed by atoms with Gasteiger partial charge in [0.05, 0.1) is 22.3 Å². The summed E-state index contributed by atoms with van der Waals surface area (Å²) in [7, 11) is 0. The maximum absolute atomic E-state index is 12.3. The number of fused-ring (bicyclic) bond motifs is 1. The number of halogens is 1. The third kappa shape index (κ3) is 3.44. The molecule has 3 aromatic rings. The molecule has 0 unspecified atom stereocenters. The summed E-state index contributed by atoms with van der Waals surface area (Å²) in [6.45, 7) is 4.37. The highest BCUT2D eigenvalue weighted by molar-refractivity contribution is 7.07. The molecule has 0 radical (unpaired) electrons. The Morgan fingerprint density at radius 1 is 1.46 bits per heavy atom. The van der Waals surface area contributed by atoms with E-state index in [2.05, 4.69) is 15.3 Å². The number of carbonyl (C=O) groups is 1. The van der Waals surface area contributed by atoms with Crippen molar-refractivity contribution in [1.82, 2.24) is 15.3 Å². The van der Waals surface area contributed by atoms with E-state index >= 15 is 0 Å². The second kappa shape index (κ2) is 6.59. The van der Waals surface area contributed by atoms with Crippen LogP contribution in [0.25, 0.3) is 10.9 Å². The van der Waals surface area contributed by atoms with E-state index in [-0.39, 0.29) is 17.4 Å². The molecule has 4 rings (SSSR count). The SMILES string of the molecule is C[C@@H](NC(=O)C1(C)CC1)c1cc2cc(Cl)c(OCc3cscn3)cc2[nH]1. The number of aromatic nitrogens is 2. The average Bonchev–Trinajstić information content (AvgIpc) is 3.01. The first-order valence-corrected chi connectivity index (χ1v) is 9.90. The molecule has 1 saturated carbocycles. The number of aromatic amines is 1. The fourth-order valence-corrected chi connectivity index (χ4v) is 3.59. The number of carbonyl (C=O) groups excluding carboxylic acids is 1. The van der Waals surface area contributed by atoms with Crippen LogP contribution in [0.3, 0.4) is 0 Å². The van der Waals surface area contributed by atoms with E-state index in [4.69, 9.17) is 16.3 Å². The average molecular weight is 390 g/mol. The maximum atomic E-state index is 12.3. The third-order valence-corrected chi connectivity index (χ3v) is 5.85. The van der Waals surface area contributed by atoms with Gasteiger partial charge in [-0.1, -0.05) is 18.5 Å². The van der Waals surface area contributed by atoms with Gasteiger partial charge < -0.3 is 15.0 Å². The number of hydrogen-bond acceptors (Lipinski definition) is 4. The highest BCUT2D eigenvalue weighted by Gasteiger charge is 2.45. The quantitative estimate of drug-likeness (QED) is 0.634. The molecule has 136 valence electrons. The lowest BCUT2D eigenvalue weighted by Gasteiger charge is -2.15. The summed E-state index contributed by atoms with van der Waals surface area (Å²) in [5.74, 6) is 0.733. The van der Waals surface area contributed by atoms with Gasteiger partial charge in [-0.2, -0.15) is 0 Å². The van der Waals surface area contributed by atoms with Crippen molar-refractivity contribution in [3.05, 3.63) is 45.5 Å². The first-order valence-electron chi connectivity index (χ1n) is 8.58. The molecule has 0 aliphatic heterocycles. The van der Waals surface area contributed by atoms with Gasteiger partial charge in [-0.25, -0.2) is 4.98 Å². The number of ether oxygens (including phenoxy) is 1. The zero-order valence-corrected chi connectivity index (χ0v) is 16.2. The van der Waals surface area contributed by atoms with Gasteiger partial charge in [-0.05, 0) is 31.9 Å². The zero-order chi connectivity index (χ0) is 18.3. The molecule has 1 fully saturated rings. The number of nitrogens with one attached hydrogen (secondary N) is 2. The van der Waals surface area contributed by atoms with Crippen LogP contribution in [-0.4, -0.2) is 15.9 Å². The molecule has 0 spiro atoms. The number of H-pyrrole nitrogens is 1. The molecular formula is C19H20ClN3O2S. The van der Waals surface area contributed by atoms with Crippen LogP contribution in [0, 0.1) is 5.41 Å². The summed E-state index contributed by atoms with van der Waals surface area (Å²) < 4.78 is 5.80. The Kier molecular flexibility index (Phi) is 4.40. The van der Waals surface area contributed by atoms with Crippen molar-refractivity contribution in [3.63, 3.8) is 0 Å². The predicted octanol–water partition coefficient (Wildman–Crippen LogP) is 4.83. The Hall–Kier alpha value is -2.05. The molecule has 2 aromatic heterocycles. The predicted molar refractivity (Wildman–Crippen MR) is 104 cm³/mol. The van der Waals surface area contributed by atoms with Crippen LogP contribution in [0.15, 0.2) is 29.1 Å². The molecule has 1 aromatic carbocycles. The van der Waals surface area contributed by atoms with Crippen LogP contribution in [0.4, 0.5) is 0 Å². The monoisotopic (exact) mass is 389 g/mol. The summed E-state index contributed by atoms with van der Waals surface area (Å²) in [5, 5.41) is 6.59. The van der Waals surface area contributed by atoms with E-state index in [9.17, 15) is 4.79 Å². The zero-order valence-electron chi connectivity index (χ0n) is 14.6. The van der Waals surface area contributed by atoms with E-state index in [1.807, 2.05) is 37.4 Å². The van der Waals surface area contributed by atoms with Crippen molar-refractivity contribution in [2.24, 2.45) is 5.41 Å². The largest absolute Gasteiger partial charge is 0.486 e. The summed E-state index contributed by atoms with van der Waals surface area (Å²) in [6.07, 6.45) is 1.93. The molecule has 1 aliphatic rings. The van der Waals surface area contributed by atoms with Crippen LogP contribution in [-0.2, 0) is 11.4 Å². The lowest BCUT2D eigenvalue weighted by atomic mass is 10.1. The Morgan fingerprint density at radius 3 is 2.96 bits per heavy atom. The number of nitrogens with zero attached hydrogens (tertiary/aromatic N) is 1. The standard InChI is InChI=1S/C19H20ClN3O2S/c1-11(22-18(24)19(2)3-4-19)15-6-12-5-14(20)17(7-16(12)23-15)25-8-13-9-26-10-21-13/h5-7,9-11,23H,3-4,8H2,1-2H3,(H,22,24)/t11-/m1/s1. The lowest BCUT2D eigenvalue weighted by molar-refractivity contribution is -0.126. The Balaban J connectivity index is 1.51. The van der Waals surface area contributed by atoms with Gasteiger partial charge >= 0.3 is 0 Å². The molecule has 1 amide bonds. The van der Waals surface area contributed by atoms with Gasteiger partial charge in [0.15, 0.2) is 0 Å². The Labute approximate surface area is 160 Å². The van der Waals surface area contributed by atoms with Crippen LogP contribution in [0.1, 0.15) is 44.1 Å². The highest BCUT2D eigenvalue weighted by atomic mass is 35.5. The summed E-state index contributed by atoms with van der Waals surface area (Å²) in [6, 6.07) is 5.70. The van der Waals surface area contributed by atoms with E-state index in [1.165, 1.54) is 11.3 Å². The van der Waals surface area contributed by atoms with E-state index in [1.54, 1.807) is 5.51 Å². The van der Waals surface area contributed by atoms with E-state index < -0.39 is 0 Å². The van der Waals surface area contributed by atoms with Crippen molar-refractivity contribution < 1.29 is 9.53 Å². The third-order valence-electron chi connectivity index (χ3n) is 4.92. The molecule has 26 heavy (non-hydrogen) atoms. The molecule has 5 nitrogen and oxygen atoms in total. The molecule has 7 heteroatoms. The molecule has 2 N–H and O–H groups in total. The van der Waals surface area contributed by atoms with Gasteiger partial charge in [0.25, 0.3) is 0 Å². The topological polar surface area (TPSA) is 67.0 Å². The molecule has 2 heterocycles. The molecule has 1 atom stereocenters. The minimum absolute atomic E-state index is 0.0922. The highest BCUT2D eigenvalue weighted by Crippen LogP contribution is 2.45. The van der Waals surface area contributed by atoms with Crippen molar-refractivity contribution in [3.8, 4) is 5.75 Å². The second-order valence-electron chi connectivity index (χ2n) is 7.12. The van der Waals surface area contributed by atoms with Crippen LogP contribution in [0.5, 0.6) is 5.75 Å². The summed E-state index contributed by atoms with van der Waals surface area (Å²) in [4.78, 5) is 19.8. The molecule has 0 saturated heterocycles. The smallest absolute Gasteiger partial charge is 0.226 e. The van der Waals surface area contributed by atoms with Gasteiger partial charge in [0.1, 0.15) is 12.4 Å². The van der Waals surface area contributed by atoms with Crippen LogP contribution >= 0.6 is 22.9 Å². The number of hydrogen-bond donors (Lipinski definition) is 2. The molecule has 1 aliphatic carbocycles. The van der Waals surface area contributed by atoms with Crippen LogP contribution < -0.4 is 10.1 Å². The number of amides is 1. The van der Waals surface area contributed by atoms with Crippen molar-refractivity contribution in [2.45, 2.75) is 39.3 Å². The fourth-order valence-electron chi connectivity index (χ4n) is 2.82. The second-order valence-corrected chi connectivity index (χ2v) is 8.24. The van der Waals surface area contributed by atoms with Crippen molar-refractivity contribution in [1.29, 1.82) is 0 Å². The van der Waals surface area contributed by atoms with Gasteiger partial charge in [0, 0.05) is 33.5 Å². The van der Waals surface area contributed by atoms with Gasteiger partial charge in [0.2, 0.25) is 5.91 Å². The summed E-state index contributed by atoms with van der Waals surface area (Å²) >= 11 is 7.89. The van der Waals surface area contributed by atoms with Crippen molar-refractivity contribution in [2.75, 3.05) is 0 Å². The fraction of sp³-hybridized carbons (Fsp3) is 0.368. The minimum atomic E-state index is -0.180. The minimum Gasteiger partial charge on any atom is -0.486 e. The summed E-state index contributed by atoms with van der Waals surface area (Å²) in [5.41, 5.74) is 4.35. The van der Waals surface area contributed by atoms with Crippen molar-refractivity contribution >= 4 is 39.7 Å². The first-order chi connectivity index (χ1) is 12.4. The Morgan fingerprint density at radius 2 is 2.27 bits per heavy atom. The number of thiazole rings is 1. The van der Waals surface area contributed by atoms with E-state index in [0.29, 0.717) is 17.4 Å². The number of benzene rings is 1. The van der Waals surface area contributed by atoms with Gasteiger partial charge in [-0.15, -0.1) is 11.3 Å². The van der Waals surface area contributed by atoms with E-state index in [0.717, 1.165) is 35.1 Å². The number of rotatable bonds is 6. The van der Waals surface area contributed by atoms with Gasteiger partial charge in [-0.3, -0.25) is 4.79 Å². The lowest BCUT2D eigenvalue weighted by Crippen LogP contribution is -2.32. The molecular weight excluding hydrogens is 370 g/mol. The normalized spacial score (nSPS) is 16.4. The first kappa shape index (κ1) is 17.4. The molecule has 0 bridgehead atoms.